The molecule has 7 nitrogen and oxygen atoms in total. The van der Waals surface area contributed by atoms with Crippen LogP contribution in [0, 0.1) is 5.41 Å². The summed E-state index contributed by atoms with van der Waals surface area (Å²) >= 11 is 5.72. The van der Waals surface area contributed by atoms with E-state index < -0.39 is 6.09 Å². The molecule has 0 aromatic carbocycles. The fourth-order valence-electron chi connectivity index (χ4n) is 1.31. The van der Waals surface area contributed by atoms with Gasteiger partial charge in [-0.05, 0) is 6.92 Å². The molecule has 1 atom stereocenters. The highest BCUT2D eigenvalue weighted by Crippen LogP contribution is 2.11. The van der Waals surface area contributed by atoms with Gasteiger partial charge in [-0.1, -0.05) is 11.6 Å². The van der Waals surface area contributed by atoms with Crippen LogP contribution in [0.5, 0.6) is 0 Å². The predicted molar refractivity (Wildman–Crippen MR) is 67.9 cm³/mol. The molecule has 1 aromatic rings. The lowest BCUT2D eigenvalue weighted by Gasteiger charge is -2.13. The number of methoxy groups -OCH3 is 1. The largest absolute Gasteiger partial charge is 0.453 e. The Hall–Kier alpha value is -1.89. The number of nitrogens with two attached hydrogens (primary N) is 1. The number of ether oxygens (including phenoxy) is 1. The Morgan fingerprint density at radius 2 is 2.33 bits per heavy atom. The molecule has 1 amide bonds. The molecular weight excluding hydrogens is 258 g/mol. The lowest BCUT2D eigenvalue weighted by molar-refractivity contribution is 0.168. The van der Waals surface area contributed by atoms with Crippen LogP contribution in [0.25, 0.3) is 0 Å². The molecule has 0 bridgehead atoms. The van der Waals surface area contributed by atoms with E-state index in [2.05, 4.69) is 20.0 Å². The van der Waals surface area contributed by atoms with Crippen LogP contribution in [-0.2, 0) is 4.74 Å². The summed E-state index contributed by atoms with van der Waals surface area (Å²) in [4.78, 5) is 18.6. The summed E-state index contributed by atoms with van der Waals surface area (Å²) in [6.07, 6.45) is -0.266. The average Bonchev–Trinajstić information content (AvgIpc) is 2.27. The molecule has 1 unspecified atom stereocenters. The number of rotatable bonds is 4. The van der Waals surface area contributed by atoms with Crippen molar-refractivity contribution in [3.8, 4) is 0 Å². The van der Waals surface area contributed by atoms with Crippen molar-refractivity contribution in [3.63, 3.8) is 0 Å². The first kappa shape index (κ1) is 14.2. The number of halogens is 1. The number of carbonyl (C=O) groups excluding carboxylic acids is 1. The van der Waals surface area contributed by atoms with Crippen molar-refractivity contribution in [1.82, 2.24) is 15.3 Å². The number of amides is 1. The van der Waals surface area contributed by atoms with E-state index >= 15 is 0 Å². The van der Waals surface area contributed by atoms with E-state index in [0.717, 1.165) is 0 Å². The first-order valence-corrected chi connectivity index (χ1v) is 5.52. The molecule has 98 valence electrons. The lowest BCUT2D eigenvalue weighted by atomic mass is 10.1. The maximum absolute atomic E-state index is 11.0. The molecule has 1 rings (SSSR count). The predicted octanol–water partition coefficient (Wildman–Crippen LogP) is 1.21. The molecular formula is C10H14ClN5O2. The Morgan fingerprint density at radius 1 is 1.67 bits per heavy atom. The van der Waals surface area contributed by atoms with Crippen molar-refractivity contribution >= 4 is 29.4 Å². The van der Waals surface area contributed by atoms with Gasteiger partial charge in [-0.15, -0.1) is 0 Å². The molecule has 0 radical (unpaired) electrons. The normalized spacial score (nSPS) is 11.7. The van der Waals surface area contributed by atoms with Gasteiger partial charge in [-0.3, -0.25) is 0 Å². The van der Waals surface area contributed by atoms with Gasteiger partial charge in [0.05, 0.1) is 18.5 Å². The number of anilines is 1. The number of hydrogen-bond acceptors (Lipinski definition) is 6. The van der Waals surface area contributed by atoms with Gasteiger partial charge in [-0.2, -0.15) is 0 Å². The highest BCUT2D eigenvalue weighted by molar-refractivity contribution is 6.29. The second kappa shape index (κ2) is 6.15. The van der Waals surface area contributed by atoms with Gasteiger partial charge < -0.3 is 21.2 Å². The van der Waals surface area contributed by atoms with Gasteiger partial charge in [0.1, 0.15) is 5.15 Å². The van der Waals surface area contributed by atoms with E-state index in [1.54, 1.807) is 6.92 Å². The van der Waals surface area contributed by atoms with Crippen molar-refractivity contribution < 1.29 is 9.53 Å². The third-order valence-corrected chi connectivity index (χ3v) is 2.27. The summed E-state index contributed by atoms with van der Waals surface area (Å²) in [6.45, 7) is 1.75. The number of nitrogens with zero attached hydrogens (tertiary/aromatic N) is 2. The zero-order valence-corrected chi connectivity index (χ0v) is 10.8. The van der Waals surface area contributed by atoms with E-state index in [1.807, 2.05) is 0 Å². The van der Waals surface area contributed by atoms with Gasteiger partial charge in [0.2, 0.25) is 5.95 Å². The third-order valence-electron chi connectivity index (χ3n) is 2.08. The first-order valence-electron chi connectivity index (χ1n) is 5.14. The summed E-state index contributed by atoms with van der Waals surface area (Å²) in [7, 11) is 1.28. The number of nitrogens with one attached hydrogen (secondary N) is 2. The summed E-state index contributed by atoms with van der Waals surface area (Å²) in [6, 6.07) is 1.19. The van der Waals surface area contributed by atoms with Crippen LogP contribution in [-0.4, -0.2) is 34.9 Å². The van der Waals surface area contributed by atoms with Gasteiger partial charge in [0, 0.05) is 18.5 Å². The number of alkyl carbamates (subject to hydrolysis) is 1. The Kier molecular flexibility index (Phi) is 4.85. The molecule has 1 aromatic heterocycles. The van der Waals surface area contributed by atoms with E-state index in [4.69, 9.17) is 22.7 Å². The van der Waals surface area contributed by atoms with E-state index in [-0.39, 0.29) is 29.3 Å². The van der Waals surface area contributed by atoms with Crippen LogP contribution in [0.2, 0.25) is 5.15 Å². The standard InChI is InChI=1S/C10H14ClN5O2/c1-5(14-10(17)18-2)3-6(12)7-4-8(11)16-9(13)15-7/h4-5,12H,3H2,1-2H3,(H,14,17)(H2,13,15,16). The Labute approximate surface area is 109 Å². The minimum absolute atomic E-state index is 0.0100. The summed E-state index contributed by atoms with van der Waals surface area (Å²) in [5.41, 5.74) is 5.98. The van der Waals surface area contributed by atoms with Crippen molar-refractivity contribution in [2.45, 2.75) is 19.4 Å². The topological polar surface area (TPSA) is 114 Å². The fraction of sp³-hybridized carbons (Fsp3) is 0.400. The maximum atomic E-state index is 11.0. The van der Waals surface area contributed by atoms with Gasteiger partial charge in [0.15, 0.2) is 0 Å². The van der Waals surface area contributed by atoms with Crippen LogP contribution >= 0.6 is 11.6 Å². The molecule has 0 aliphatic carbocycles. The Balaban J connectivity index is 2.67. The van der Waals surface area contributed by atoms with Crippen molar-refractivity contribution in [2.24, 2.45) is 0 Å². The van der Waals surface area contributed by atoms with Crippen LogP contribution < -0.4 is 11.1 Å². The Morgan fingerprint density at radius 3 is 2.89 bits per heavy atom. The number of aromatic nitrogens is 2. The Bertz CT molecular complexity index is 445. The summed E-state index contributed by atoms with van der Waals surface area (Å²) in [5, 5.41) is 10.6. The van der Waals surface area contributed by atoms with Crippen LogP contribution in [0.4, 0.5) is 10.7 Å². The number of hydrogen-bond donors (Lipinski definition) is 3. The maximum Gasteiger partial charge on any atom is 0.407 e. The summed E-state index contributed by atoms with van der Waals surface area (Å²) < 4.78 is 4.46. The number of nitrogen functional groups attached to an aromatic ring is 1. The molecule has 0 aliphatic rings. The van der Waals surface area contributed by atoms with Crippen LogP contribution in [0.15, 0.2) is 6.07 Å². The highest BCUT2D eigenvalue weighted by atomic mass is 35.5. The fourth-order valence-corrected chi connectivity index (χ4v) is 1.50. The minimum atomic E-state index is -0.546. The highest BCUT2D eigenvalue weighted by Gasteiger charge is 2.13. The van der Waals surface area contributed by atoms with Crippen molar-refractivity contribution in [1.29, 1.82) is 5.41 Å². The minimum Gasteiger partial charge on any atom is -0.453 e. The molecule has 4 N–H and O–H groups in total. The first-order chi connectivity index (χ1) is 8.42. The quantitative estimate of drug-likeness (QED) is 0.563. The second-order valence-electron chi connectivity index (χ2n) is 3.65. The molecule has 1 heterocycles. The van der Waals surface area contributed by atoms with Gasteiger partial charge in [-0.25, -0.2) is 14.8 Å². The second-order valence-corrected chi connectivity index (χ2v) is 4.04. The van der Waals surface area contributed by atoms with Gasteiger partial charge >= 0.3 is 6.09 Å². The van der Waals surface area contributed by atoms with E-state index in [1.165, 1.54) is 13.2 Å². The SMILES string of the molecule is COC(=O)NC(C)CC(=N)c1cc(Cl)nc(N)n1. The van der Waals surface area contributed by atoms with Crippen LogP contribution in [0.1, 0.15) is 19.0 Å². The molecule has 18 heavy (non-hydrogen) atoms. The molecule has 0 saturated carbocycles. The average molecular weight is 272 g/mol. The number of carbonyl (C=O) groups is 1. The van der Waals surface area contributed by atoms with Crippen molar-refractivity contribution in [3.05, 3.63) is 16.9 Å². The van der Waals surface area contributed by atoms with Crippen molar-refractivity contribution in [2.75, 3.05) is 12.8 Å². The van der Waals surface area contributed by atoms with E-state index in [0.29, 0.717) is 5.69 Å². The van der Waals surface area contributed by atoms with Crippen LogP contribution in [0.3, 0.4) is 0 Å². The smallest absolute Gasteiger partial charge is 0.407 e. The zero-order chi connectivity index (χ0) is 13.7. The monoisotopic (exact) mass is 271 g/mol. The molecule has 0 fully saturated rings. The molecule has 8 heteroatoms. The van der Waals surface area contributed by atoms with Gasteiger partial charge in [0.25, 0.3) is 0 Å². The molecule has 0 spiro atoms. The third kappa shape index (κ3) is 4.17. The summed E-state index contributed by atoms with van der Waals surface area (Å²) in [5.74, 6) is 0.0100. The van der Waals surface area contributed by atoms with E-state index in [9.17, 15) is 4.79 Å². The molecule has 0 saturated heterocycles. The molecule has 0 aliphatic heterocycles. The zero-order valence-electron chi connectivity index (χ0n) is 10.0. The lowest BCUT2D eigenvalue weighted by Crippen LogP contribution is -2.34.